The number of hydrogen-bond acceptors (Lipinski definition) is 8. The van der Waals surface area contributed by atoms with Gasteiger partial charge in [0.2, 0.25) is 5.91 Å². The lowest BCUT2D eigenvalue weighted by Gasteiger charge is -2.14. The number of fused-ring (bicyclic) bond motifs is 1. The fourth-order valence-electron chi connectivity index (χ4n) is 4.32. The molecule has 1 N–H and O–H groups in total. The number of nitrogens with zero attached hydrogens (tertiary/aromatic N) is 3. The van der Waals surface area contributed by atoms with Gasteiger partial charge in [-0.15, -0.1) is 21.5 Å². The SMILES string of the molecule is COC(=O)c1c(NC(=O)CSc2nnc(C3CC3)n2CC2CCCO2)sc2c1CCC2. The molecular weight excluding hydrogens is 436 g/mol. The molecule has 1 unspecified atom stereocenters. The summed E-state index contributed by atoms with van der Waals surface area (Å²) in [4.78, 5) is 26.2. The Morgan fingerprint density at radius 3 is 2.87 bits per heavy atom. The summed E-state index contributed by atoms with van der Waals surface area (Å²) in [6.45, 7) is 1.55. The fraction of sp³-hybridized carbons (Fsp3) is 0.619. The van der Waals surface area contributed by atoms with Crippen LogP contribution in [0.25, 0.3) is 0 Å². The van der Waals surface area contributed by atoms with Crippen LogP contribution in [0.15, 0.2) is 5.16 Å². The Kier molecular flexibility index (Phi) is 6.03. The number of carbonyl (C=O) groups is 2. The predicted octanol–water partition coefficient (Wildman–Crippen LogP) is 3.40. The highest BCUT2D eigenvalue weighted by Gasteiger charge is 2.32. The molecule has 2 fully saturated rings. The quantitative estimate of drug-likeness (QED) is 0.474. The topological polar surface area (TPSA) is 95.3 Å². The van der Waals surface area contributed by atoms with Crippen molar-refractivity contribution in [2.45, 2.75) is 68.7 Å². The second kappa shape index (κ2) is 8.91. The molecule has 166 valence electrons. The molecule has 2 aromatic rings. The third-order valence-corrected chi connectivity index (χ3v) is 8.17. The van der Waals surface area contributed by atoms with Gasteiger partial charge < -0.3 is 19.4 Å². The van der Waals surface area contributed by atoms with E-state index in [-0.39, 0.29) is 23.7 Å². The molecule has 0 aromatic carbocycles. The normalized spacial score (nSPS) is 20.1. The maximum atomic E-state index is 12.7. The van der Waals surface area contributed by atoms with Crippen LogP contribution >= 0.6 is 23.1 Å². The largest absolute Gasteiger partial charge is 0.465 e. The number of esters is 1. The van der Waals surface area contributed by atoms with E-state index < -0.39 is 0 Å². The Bertz CT molecular complexity index is 992. The van der Waals surface area contributed by atoms with Crippen molar-refractivity contribution in [2.75, 3.05) is 24.8 Å². The lowest BCUT2D eigenvalue weighted by molar-refractivity contribution is -0.113. The van der Waals surface area contributed by atoms with Crippen molar-refractivity contribution in [3.8, 4) is 0 Å². The molecule has 31 heavy (non-hydrogen) atoms. The number of carbonyl (C=O) groups excluding carboxylic acids is 2. The molecule has 3 aliphatic rings. The van der Waals surface area contributed by atoms with Gasteiger partial charge in [0.25, 0.3) is 0 Å². The van der Waals surface area contributed by atoms with Gasteiger partial charge >= 0.3 is 5.97 Å². The molecule has 2 aromatic heterocycles. The van der Waals surface area contributed by atoms with Crippen molar-refractivity contribution < 1.29 is 19.1 Å². The maximum absolute atomic E-state index is 12.7. The summed E-state index contributed by atoms with van der Waals surface area (Å²) in [5.74, 6) is 1.16. The average Bonchev–Trinajstić information content (AvgIpc) is 3.13. The number of ether oxygens (including phenoxy) is 2. The van der Waals surface area contributed by atoms with Gasteiger partial charge in [0.05, 0.1) is 31.1 Å². The first-order chi connectivity index (χ1) is 15.1. The number of hydrogen-bond donors (Lipinski definition) is 1. The highest BCUT2D eigenvalue weighted by molar-refractivity contribution is 7.99. The molecule has 10 heteroatoms. The number of thioether (sulfide) groups is 1. The van der Waals surface area contributed by atoms with E-state index in [0.29, 0.717) is 16.5 Å². The third-order valence-electron chi connectivity index (χ3n) is 5.99. The highest BCUT2D eigenvalue weighted by atomic mass is 32.2. The van der Waals surface area contributed by atoms with Crippen molar-refractivity contribution in [3.05, 3.63) is 21.8 Å². The summed E-state index contributed by atoms with van der Waals surface area (Å²) in [5, 5.41) is 13.1. The fourth-order valence-corrected chi connectivity index (χ4v) is 6.37. The van der Waals surface area contributed by atoms with Gasteiger partial charge in [0.1, 0.15) is 10.8 Å². The first-order valence-corrected chi connectivity index (χ1v) is 12.6. The Balaban J connectivity index is 1.27. The van der Waals surface area contributed by atoms with Crippen LogP contribution in [0.3, 0.4) is 0 Å². The van der Waals surface area contributed by atoms with E-state index in [1.807, 2.05) is 0 Å². The van der Waals surface area contributed by atoms with Crippen LogP contribution in [0.5, 0.6) is 0 Å². The van der Waals surface area contributed by atoms with Crippen molar-refractivity contribution in [3.63, 3.8) is 0 Å². The van der Waals surface area contributed by atoms with Crippen LogP contribution < -0.4 is 5.32 Å². The summed E-state index contributed by atoms with van der Waals surface area (Å²) in [7, 11) is 1.38. The molecule has 5 rings (SSSR count). The summed E-state index contributed by atoms with van der Waals surface area (Å²) < 4.78 is 12.9. The smallest absolute Gasteiger partial charge is 0.341 e. The molecule has 1 saturated carbocycles. The van der Waals surface area contributed by atoms with Crippen LogP contribution in [-0.2, 0) is 33.7 Å². The highest BCUT2D eigenvalue weighted by Crippen LogP contribution is 2.41. The van der Waals surface area contributed by atoms with E-state index in [4.69, 9.17) is 9.47 Å². The van der Waals surface area contributed by atoms with Gasteiger partial charge in [0.15, 0.2) is 5.16 Å². The van der Waals surface area contributed by atoms with E-state index in [1.165, 1.54) is 35.1 Å². The molecule has 1 atom stereocenters. The molecule has 1 saturated heterocycles. The Labute approximate surface area is 189 Å². The number of rotatable bonds is 8. The number of aromatic nitrogens is 3. The molecule has 3 heterocycles. The van der Waals surface area contributed by atoms with Crippen LogP contribution in [0.2, 0.25) is 0 Å². The number of nitrogens with one attached hydrogen (secondary N) is 1. The monoisotopic (exact) mass is 462 g/mol. The first kappa shape index (κ1) is 21.0. The van der Waals surface area contributed by atoms with Crippen LogP contribution in [0.1, 0.15) is 64.6 Å². The van der Waals surface area contributed by atoms with Crippen molar-refractivity contribution in [1.82, 2.24) is 14.8 Å². The maximum Gasteiger partial charge on any atom is 0.341 e. The molecule has 0 bridgehead atoms. The zero-order valence-corrected chi connectivity index (χ0v) is 19.1. The van der Waals surface area contributed by atoms with Crippen LogP contribution in [-0.4, -0.2) is 52.2 Å². The number of thiophene rings is 1. The molecular formula is C21H26N4O4S2. The van der Waals surface area contributed by atoms with E-state index in [1.54, 1.807) is 0 Å². The zero-order valence-electron chi connectivity index (χ0n) is 17.5. The minimum Gasteiger partial charge on any atom is -0.465 e. The van der Waals surface area contributed by atoms with Gasteiger partial charge in [-0.3, -0.25) is 4.79 Å². The van der Waals surface area contributed by atoms with Crippen molar-refractivity contribution in [1.29, 1.82) is 0 Å². The summed E-state index contributed by atoms with van der Waals surface area (Å²) in [6.07, 6.45) is 7.47. The molecule has 1 amide bonds. The minimum absolute atomic E-state index is 0.158. The molecule has 8 nitrogen and oxygen atoms in total. The standard InChI is InChI=1S/C21H26N4O4S2/c1-28-20(27)17-14-5-2-6-15(14)31-19(17)22-16(26)11-30-21-24-23-18(12-7-8-12)25(21)10-13-4-3-9-29-13/h12-13H,2-11H2,1H3,(H,22,26). The van der Waals surface area contributed by atoms with Gasteiger partial charge in [-0.05, 0) is 50.5 Å². The van der Waals surface area contributed by atoms with E-state index in [0.717, 1.165) is 74.6 Å². The third kappa shape index (κ3) is 4.38. The van der Waals surface area contributed by atoms with Crippen LogP contribution in [0.4, 0.5) is 5.00 Å². The van der Waals surface area contributed by atoms with E-state index >= 15 is 0 Å². The number of anilines is 1. The Hall–Kier alpha value is -1.91. The number of methoxy groups -OCH3 is 1. The average molecular weight is 463 g/mol. The first-order valence-electron chi connectivity index (χ1n) is 10.8. The van der Waals surface area contributed by atoms with Crippen molar-refractivity contribution in [2.24, 2.45) is 0 Å². The summed E-state index contributed by atoms with van der Waals surface area (Å²) in [5.41, 5.74) is 1.56. The minimum atomic E-state index is -0.382. The number of amides is 1. The van der Waals surface area contributed by atoms with E-state index in [2.05, 4.69) is 20.1 Å². The second-order valence-corrected chi connectivity index (χ2v) is 10.3. The zero-order chi connectivity index (χ0) is 21.4. The Morgan fingerprint density at radius 1 is 1.26 bits per heavy atom. The lowest BCUT2D eigenvalue weighted by Crippen LogP contribution is -2.19. The molecule has 1 aliphatic heterocycles. The summed E-state index contributed by atoms with van der Waals surface area (Å²) >= 11 is 2.88. The predicted molar refractivity (Wildman–Crippen MR) is 118 cm³/mol. The number of aryl methyl sites for hydroxylation is 1. The summed E-state index contributed by atoms with van der Waals surface area (Å²) in [6, 6.07) is 0. The van der Waals surface area contributed by atoms with Gasteiger partial charge in [0, 0.05) is 17.4 Å². The van der Waals surface area contributed by atoms with Gasteiger partial charge in [-0.25, -0.2) is 4.79 Å². The van der Waals surface area contributed by atoms with Crippen molar-refractivity contribution >= 4 is 40.0 Å². The van der Waals surface area contributed by atoms with E-state index in [9.17, 15) is 9.59 Å². The molecule has 2 aliphatic carbocycles. The van der Waals surface area contributed by atoms with Gasteiger partial charge in [-0.1, -0.05) is 11.8 Å². The lowest BCUT2D eigenvalue weighted by atomic mass is 10.1. The van der Waals surface area contributed by atoms with Gasteiger partial charge in [-0.2, -0.15) is 0 Å². The second-order valence-electron chi connectivity index (χ2n) is 8.25. The van der Waals surface area contributed by atoms with Crippen LogP contribution in [0, 0.1) is 0 Å². The Morgan fingerprint density at radius 2 is 2.13 bits per heavy atom. The molecule has 0 spiro atoms. The molecule has 0 radical (unpaired) electrons.